The van der Waals surface area contributed by atoms with Gasteiger partial charge < -0.3 is 4.90 Å². The number of aryl methyl sites for hydroxylation is 1. The predicted octanol–water partition coefficient (Wildman–Crippen LogP) is 3.01. The number of aromatic nitrogens is 1. The van der Waals surface area contributed by atoms with Crippen molar-refractivity contribution >= 4 is 5.69 Å². The highest BCUT2D eigenvalue weighted by atomic mass is 15.2. The van der Waals surface area contributed by atoms with E-state index in [4.69, 9.17) is 0 Å². The molecule has 1 aromatic rings. The summed E-state index contributed by atoms with van der Waals surface area (Å²) >= 11 is 0. The smallest absolute Gasteiger partial charge is 0.0557 e. The summed E-state index contributed by atoms with van der Waals surface area (Å²) in [6, 6.07) is 5.23. The van der Waals surface area contributed by atoms with Gasteiger partial charge in [-0.15, -0.1) is 0 Å². The van der Waals surface area contributed by atoms with E-state index in [2.05, 4.69) is 49.7 Å². The third-order valence-corrected chi connectivity index (χ3v) is 2.31. The SMILES string of the molecule is Cc1ccc(N(C(C)C)C(C)C)cn1. The van der Waals surface area contributed by atoms with Gasteiger partial charge in [-0.1, -0.05) is 0 Å². The Morgan fingerprint density at radius 2 is 1.64 bits per heavy atom. The van der Waals surface area contributed by atoms with Gasteiger partial charge in [-0.05, 0) is 46.8 Å². The van der Waals surface area contributed by atoms with Crippen molar-refractivity contribution < 1.29 is 0 Å². The minimum Gasteiger partial charge on any atom is -0.365 e. The minimum absolute atomic E-state index is 0.513. The summed E-state index contributed by atoms with van der Waals surface area (Å²) in [6.07, 6.45) is 1.95. The van der Waals surface area contributed by atoms with Crippen LogP contribution in [0.3, 0.4) is 0 Å². The van der Waals surface area contributed by atoms with Crippen LogP contribution in [0.15, 0.2) is 18.3 Å². The first-order chi connectivity index (χ1) is 6.52. The normalized spacial score (nSPS) is 11.1. The molecule has 0 aromatic carbocycles. The van der Waals surface area contributed by atoms with Crippen LogP contribution in [0.2, 0.25) is 0 Å². The predicted molar refractivity (Wildman–Crippen MR) is 61.7 cm³/mol. The Morgan fingerprint density at radius 3 is 2.00 bits per heavy atom. The molecule has 0 N–H and O–H groups in total. The van der Waals surface area contributed by atoms with Crippen molar-refractivity contribution in [2.75, 3.05) is 4.90 Å². The summed E-state index contributed by atoms with van der Waals surface area (Å²) in [5, 5.41) is 0. The van der Waals surface area contributed by atoms with E-state index < -0.39 is 0 Å². The number of nitrogens with zero attached hydrogens (tertiary/aromatic N) is 2. The van der Waals surface area contributed by atoms with Crippen LogP contribution in [0.5, 0.6) is 0 Å². The molecule has 14 heavy (non-hydrogen) atoms. The van der Waals surface area contributed by atoms with E-state index in [0.717, 1.165) is 5.69 Å². The summed E-state index contributed by atoms with van der Waals surface area (Å²) in [5.74, 6) is 0. The first-order valence-electron chi connectivity index (χ1n) is 5.23. The molecule has 0 saturated carbocycles. The van der Waals surface area contributed by atoms with E-state index >= 15 is 0 Å². The Labute approximate surface area is 87.0 Å². The molecule has 0 spiro atoms. The van der Waals surface area contributed by atoms with Gasteiger partial charge in [0.15, 0.2) is 0 Å². The van der Waals surface area contributed by atoms with Crippen LogP contribution in [-0.4, -0.2) is 17.1 Å². The van der Waals surface area contributed by atoms with Crippen molar-refractivity contribution in [1.82, 2.24) is 4.98 Å². The van der Waals surface area contributed by atoms with E-state index in [9.17, 15) is 0 Å². The van der Waals surface area contributed by atoms with Crippen LogP contribution < -0.4 is 4.90 Å². The number of pyridine rings is 1. The zero-order chi connectivity index (χ0) is 10.7. The molecular formula is C12H20N2. The molecule has 78 valence electrons. The summed E-state index contributed by atoms with van der Waals surface area (Å²) in [6.45, 7) is 10.8. The van der Waals surface area contributed by atoms with Gasteiger partial charge in [0.2, 0.25) is 0 Å². The number of anilines is 1. The molecule has 2 nitrogen and oxygen atoms in total. The second-order valence-electron chi connectivity index (χ2n) is 4.25. The topological polar surface area (TPSA) is 16.1 Å². The highest BCUT2D eigenvalue weighted by molar-refractivity contribution is 5.46. The molecular weight excluding hydrogens is 172 g/mol. The lowest BCUT2D eigenvalue weighted by molar-refractivity contribution is 0.607. The van der Waals surface area contributed by atoms with Gasteiger partial charge in [0.05, 0.1) is 11.9 Å². The lowest BCUT2D eigenvalue weighted by Gasteiger charge is -2.32. The lowest BCUT2D eigenvalue weighted by atomic mass is 10.2. The molecule has 0 aliphatic heterocycles. The van der Waals surface area contributed by atoms with E-state index in [-0.39, 0.29) is 0 Å². The van der Waals surface area contributed by atoms with Gasteiger partial charge in [-0.25, -0.2) is 0 Å². The number of rotatable bonds is 3. The van der Waals surface area contributed by atoms with Crippen LogP contribution in [0, 0.1) is 6.92 Å². The van der Waals surface area contributed by atoms with Gasteiger partial charge in [0, 0.05) is 17.8 Å². The fourth-order valence-electron chi connectivity index (χ4n) is 1.81. The Balaban J connectivity index is 2.94. The first kappa shape index (κ1) is 11.0. The molecule has 0 bridgehead atoms. The quantitative estimate of drug-likeness (QED) is 0.732. The van der Waals surface area contributed by atoms with Crippen molar-refractivity contribution in [3.8, 4) is 0 Å². The van der Waals surface area contributed by atoms with Crippen LogP contribution in [0.1, 0.15) is 33.4 Å². The van der Waals surface area contributed by atoms with Gasteiger partial charge in [0.25, 0.3) is 0 Å². The van der Waals surface area contributed by atoms with Crippen LogP contribution in [0.4, 0.5) is 5.69 Å². The largest absolute Gasteiger partial charge is 0.365 e. The molecule has 1 aromatic heterocycles. The van der Waals surface area contributed by atoms with Crippen molar-refractivity contribution in [1.29, 1.82) is 0 Å². The van der Waals surface area contributed by atoms with E-state index in [1.54, 1.807) is 0 Å². The first-order valence-corrected chi connectivity index (χ1v) is 5.23. The molecule has 2 heteroatoms. The molecule has 1 heterocycles. The van der Waals surface area contributed by atoms with Crippen molar-refractivity contribution in [2.45, 2.75) is 46.7 Å². The summed E-state index contributed by atoms with van der Waals surface area (Å²) in [5.41, 5.74) is 2.28. The average Bonchev–Trinajstić information content (AvgIpc) is 2.07. The molecule has 0 atom stereocenters. The second kappa shape index (κ2) is 4.45. The molecule has 0 amide bonds. The van der Waals surface area contributed by atoms with Gasteiger partial charge >= 0.3 is 0 Å². The molecule has 0 radical (unpaired) electrons. The lowest BCUT2D eigenvalue weighted by Crippen LogP contribution is -2.37. The minimum atomic E-state index is 0.513. The monoisotopic (exact) mass is 192 g/mol. The molecule has 1 rings (SSSR count). The highest BCUT2D eigenvalue weighted by Gasteiger charge is 2.13. The van der Waals surface area contributed by atoms with E-state index in [0.29, 0.717) is 12.1 Å². The van der Waals surface area contributed by atoms with Crippen LogP contribution in [0.25, 0.3) is 0 Å². The molecule has 0 unspecified atom stereocenters. The van der Waals surface area contributed by atoms with E-state index in [1.807, 2.05) is 13.1 Å². The molecule has 0 aliphatic rings. The Morgan fingerprint density at radius 1 is 1.07 bits per heavy atom. The van der Waals surface area contributed by atoms with Crippen molar-refractivity contribution in [2.24, 2.45) is 0 Å². The highest BCUT2D eigenvalue weighted by Crippen LogP contribution is 2.18. The van der Waals surface area contributed by atoms with Crippen molar-refractivity contribution in [3.63, 3.8) is 0 Å². The Hall–Kier alpha value is -1.05. The fourth-order valence-corrected chi connectivity index (χ4v) is 1.81. The van der Waals surface area contributed by atoms with E-state index in [1.165, 1.54) is 5.69 Å². The average molecular weight is 192 g/mol. The van der Waals surface area contributed by atoms with Gasteiger partial charge in [0.1, 0.15) is 0 Å². The van der Waals surface area contributed by atoms with Gasteiger partial charge in [-0.2, -0.15) is 0 Å². The number of hydrogen-bond donors (Lipinski definition) is 0. The summed E-state index contributed by atoms with van der Waals surface area (Å²) in [7, 11) is 0. The standard InChI is InChI=1S/C12H20N2/c1-9(2)14(10(3)4)12-7-6-11(5)13-8-12/h6-10H,1-5H3. The molecule has 0 saturated heterocycles. The third kappa shape index (κ3) is 2.47. The summed E-state index contributed by atoms with van der Waals surface area (Å²) in [4.78, 5) is 6.69. The Kier molecular flexibility index (Phi) is 3.50. The maximum absolute atomic E-state index is 4.32. The third-order valence-electron chi connectivity index (χ3n) is 2.31. The zero-order valence-electron chi connectivity index (χ0n) is 9.78. The number of hydrogen-bond acceptors (Lipinski definition) is 2. The fraction of sp³-hybridized carbons (Fsp3) is 0.583. The Bertz CT molecular complexity index is 267. The van der Waals surface area contributed by atoms with Crippen LogP contribution in [-0.2, 0) is 0 Å². The van der Waals surface area contributed by atoms with Crippen molar-refractivity contribution in [3.05, 3.63) is 24.0 Å². The summed E-state index contributed by atoms with van der Waals surface area (Å²) < 4.78 is 0. The van der Waals surface area contributed by atoms with Gasteiger partial charge in [-0.3, -0.25) is 4.98 Å². The maximum atomic E-state index is 4.32. The molecule has 0 fully saturated rings. The van der Waals surface area contributed by atoms with Crippen LogP contribution >= 0.6 is 0 Å². The maximum Gasteiger partial charge on any atom is 0.0557 e. The molecule has 0 aliphatic carbocycles. The second-order valence-corrected chi connectivity index (χ2v) is 4.25. The zero-order valence-corrected chi connectivity index (χ0v) is 9.78.